The van der Waals surface area contributed by atoms with Crippen molar-refractivity contribution in [2.24, 2.45) is 10.7 Å². The molecule has 28 heavy (non-hydrogen) atoms. The zero-order valence-corrected chi connectivity index (χ0v) is 16.5. The highest BCUT2D eigenvalue weighted by Gasteiger charge is 2.28. The molecule has 2 bridgehead atoms. The summed E-state index contributed by atoms with van der Waals surface area (Å²) in [5.74, 6) is 0.656. The maximum atomic E-state index is 12.4. The Kier molecular flexibility index (Phi) is 4.34. The first-order chi connectivity index (χ1) is 13.7. The predicted molar refractivity (Wildman–Crippen MR) is 119 cm³/mol. The van der Waals surface area contributed by atoms with Gasteiger partial charge in [0.25, 0.3) is 5.91 Å². The second kappa shape index (κ2) is 7.00. The SMILES string of the molecule is NC1=NC(=O)/C(=C2\c3ccc(-c4ccccc4)c2c3SCc2ccccc2)S1. The zero-order chi connectivity index (χ0) is 19.1. The van der Waals surface area contributed by atoms with Gasteiger partial charge in [-0.25, -0.2) is 0 Å². The first kappa shape index (κ1) is 17.3. The normalized spacial score (nSPS) is 16.8. The summed E-state index contributed by atoms with van der Waals surface area (Å²) in [5.41, 5.74) is 10.5. The van der Waals surface area contributed by atoms with Gasteiger partial charge < -0.3 is 5.73 Å². The van der Waals surface area contributed by atoms with E-state index in [1.807, 2.05) is 36.0 Å². The van der Waals surface area contributed by atoms with Gasteiger partial charge in [0.05, 0.1) is 4.91 Å². The van der Waals surface area contributed by atoms with Crippen LogP contribution in [0.1, 0.15) is 11.1 Å². The number of hydrogen-bond donors (Lipinski definition) is 1. The zero-order valence-electron chi connectivity index (χ0n) is 14.9. The smallest absolute Gasteiger partial charge is 0.286 e. The number of fused-ring (bicyclic) bond motifs is 2. The number of carbonyl (C=O) groups excluding carboxylic acids is 1. The second-order valence-corrected chi connectivity index (χ2v) is 8.58. The molecule has 0 fully saturated rings. The quantitative estimate of drug-likeness (QED) is 0.729. The minimum atomic E-state index is -0.234. The van der Waals surface area contributed by atoms with Gasteiger partial charge in [0.15, 0.2) is 5.17 Å². The molecule has 136 valence electrons. The average molecular weight is 401 g/mol. The molecule has 1 aliphatic carbocycles. The van der Waals surface area contributed by atoms with Crippen LogP contribution in [0.3, 0.4) is 0 Å². The molecule has 3 aromatic carbocycles. The molecule has 5 heteroatoms. The molecule has 1 heterocycles. The van der Waals surface area contributed by atoms with Gasteiger partial charge in [-0.15, -0.1) is 11.8 Å². The van der Waals surface area contributed by atoms with Crippen LogP contribution in [0.5, 0.6) is 0 Å². The molecule has 1 aliphatic heterocycles. The summed E-state index contributed by atoms with van der Waals surface area (Å²) in [6.07, 6.45) is 0. The van der Waals surface area contributed by atoms with Crippen LogP contribution in [-0.2, 0) is 10.5 Å². The number of amides is 1. The van der Waals surface area contributed by atoms with Gasteiger partial charge in [0.2, 0.25) is 0 Å². The van der Waals surface area contributed by atoms with Crippen LogP contribution in [0.25, 0.3) is 20.9 Å². The van der Waals surface area contributed by atoms with Gasteiger partial charge in [0, 0.05) is 21.1 Å². The summed E-state index contributed by atoms with van der Waals surface area (Å²) in [5, 5.41) is 2.46. The lowest BCUT2D eigenvalue weighted by Gasteiger charge is -2.22. The third-order valence-electron chi connectivity index (χ3n) is 4.83. The molecule has 0 radical (unpaired) electrons. The second-order valence-electron chi connectivity index (χ2n) is 6.57. The molecule has 0 aromatic heterocycles. The van der Waals surface area contributed by atoms with Crippen molar-refractivity contribution >= 4 is 44.4 Å². The molecule has 5 rings (SSSR count). The molecule has 3 nitrogen and oxygen atoms in total. The highest BCUT2D eigenvalue weighted by Crippen LogP contribution is 2.34. The Morgan fingerprint density at radius 3 is 2.21 bits per heavy atom. The van der Waals surface area contributed by atoms with E-state index in [0.717, 1.165) is 32.9 Å². The number of thioether (sulfide) groups is 2. The molecule has 0 saturated carbocycles. The fourth-order valence-electron chi connectivity index (χ4n) is 3.55. The maximum Gasteiger partial charge on any atom is 0.286 e. The van der Waals surface area contributed by atoms with E-state index in [4.69, 9.17) is 5.73 Å². The van der Waals surface area contributed by atoms with E-state index in [0.29, 0.717) is 10.1 Å². The van der Waals surface area contributed by atoms with Gasteiger partial charge >= 0.3 is 0 Å². The largest absolute Gasteiger partial charge is 0.378 e. The van der Waals surface area contributed by atoms with E-state index in [-0.39, 0.29) is 5.91 Å². The van der Waals surface area contributed by atoms with Crippen LogP contribution in [0.15, 0.2) is 77.8 Å². The Bertz CT molecular complexity index is 1250. The molecule has 2 N–H and O–H groups in total. The highest BCUT2D eigenvalue weighted by atomic mass is 32.2. The van der Waals surface area contributed by atoms with Crippen molar-refractivity contribution in [1.29, 1.82) is 0 Å². The lowest BCUT2D eigenvalue weighted by atomic mass is 9.90. The Morgan fingerprint density at radius 2 is 1.54 bits per heavy atom. The van der Waals surface area contributed by atoms with Crippen molar-refractivity contribution in [2.45, 2.75) is 5.75 Å². The standard InChI is InChI=1S/C23H16N2OS2/c24-23-25-22(26)21(28-23)19-17-12-11-16(15-9-5-2-6-10-15)18(19)20(17)27-13-14-7-3-1-4-8-14/h1-12H,13H2,(H2,24,25,26)/b21-19-. The summed E-state index contributed by atoms with van der Waals surface area (Å²) < 4.78 is 0. The van der Waals surface area contributed by atoms with E-state index in [9.17, 15) is 4.79 Å². The molecule has 1 amide bonds. The molecular formula is C23H16N2OS2. The topological polar surface area (TPSA) is 55.4 Å². The molecule has 2 aliphatic rings. The maximum absolute atomic E-state index is 12.4. The molecule has 0 spiro atoms. The highest BCUT2D eigenvalue weighted by molar-refractivity contribution is 8.23. The fraction of sp³-hybridized carbons (Fsp3) is 0.0435. The van der Waals surface area contributed by atoms with Gasteiger partial charge in [-0.05, 0) is 34.0 Å². The molecule has 0 saturated heterocycles. The van der Waals surface area contributed by atoms with Gasteiger partial charge in [-0.2, -0.15) is 4.99 Å². The van der Waals surface area contributed by atoms with Crippen molar-refractivity contribution in [3.05, 3.63) is 94.4 Å². The lowest BCUT2D eigenvalue weighted by molar-refractivity contribution is -0.112. The summed E-state index contributed by atoms with van der Waals surface area (Å²) in [6, 6.07) is 25.0. The minimum Gasteiger partial charge on any atom is -0.378 e. The van der Waals surface area contributed by atoms with E-state index in [1.54, 1.807) is 0 Å². The van der Waals surface area contributed by atoms with Crippen molar-refractivity contribution in [3.8, 4) is 11.1 Å². The first-order valence-corrected chi connectivity index (χ1v) is 10.7. The number of carbonyl (C=O) groups is 1. The summed E-state index contributed by atoms with van der Waals surface area (Å²) in [6.45, 7) is 0. The van der Waals surface area contributed by atoms with E-state index in [2.05, 4.69) is 53.5 Å². The van der Waals surface area contributed by atoms with Crippen molar-refractivity contribution in [2.75, 3.05) is 0 Å². The Balaban J connectivity index is 1.67. The number of nitrogens with zero attached hydrogens (tertiary/aromatic N) is 1. The van der Waals surface area contributed by atoms with E-state index >= 15 is 0 Å². The summed E-state index contributed by atoms with van der Waals surface area (Å²) in [7, 11) is 0. The third kappa shape index (κ3) is 2.87. The fourth-order valence-corrected chi connectivity index (χ4v) is 5.52. The van der Waals surface area contributed by atoms with Crippen LogP contribution in [0.4, 0.5) is 0 Å². The monoisotopic (exact) mass is 400 g/mol. The van der Waals surface area contributed by atoms with Gasteiger partial charge in [-0.1, -0.05) is 72.8 Å². The van der Waals surface area contributed by atoms with E-state index in [1.165, 1.54) is 22.2 Å². The Hall–Kier alpha value is -2.76. The summed E-state index contributed by atoms with van der Waals surface area (Å²) >= 11 is 3.09. The number of benzene rings is 3. The van der Waals surface area contributed by atoms with Crippen molar-refractivity contribution < 1.29 is 4.79 Å². The number of amidine groups is 1. The van der Waals surface area contributed by atoms with Crippen molar-refractivity contribution in [1.82, 2.24) is 0 Å². The van der Waals surface area contributed by atoms with Crippen LogP contribution in [-0.4, -0.2) is 11.1 Å². The molecule has 0 unspecified atom stereocenters. The number of aliphatic imine (C=N–C) groups is 1. The number of hydrogen-bond acceptors (Lipinski definition) is 4. The number of rotatable bonds is 4. The Labute approximate surface area is 171 Å². The van der Waals surface area contributed by atoms with E-state index < -0.39 is 0 Å². The van der Waals surface area contributed by atoms with Gasteiger partial charge in [-0.3, -0.25) is 4.79 Å². The first-order valence-electron chi connectivity index (χ1n) is 8.93. The molecule has 0 atom stereocenters. The van der Waals surface area contributed by atoms with Crippen LogP contribution in [0.2, 0.25) is 0 Å². The van der Waals surface area contributed by atoms with Crippen LogP contribution < -0.4 is 16.2 Å². The Morgan fingerprint density at radius 1 is 0.857 bits per heavy atom. The molecule has 3 aromatic rings. The molecular weight excluding hydrogens is 384 g/mol. The third-order valence-corrected chi connectivity index (χ3v) is 6.90. The number of nitrogens with two attached hydrogens (primary N) is 1. The van der Waals surface area contributed by atoms with Gasteiger partial charge in [0.1, 0.15) is 0 Å². The lowest BCUT2D eigenvalue weighted by Crippen LogP contribution is -2.43. The minimum absolute atomic E-state index is 0.234. The predicted octanol–water partition coefficient (Wildman–Crippen LogP) is 3.45. The van der Waals surface area contributed by atoms with Crippen LogP contribution >= 0.6 is 23.5 Å². The average Bonchev–Trinajstić information content (AvgIpc) is 3.06. The van der Waals surface area contributed by atoms with Crippen LogP contribution in [0, 0.1) is 0 Å². The summed E-state index contributed by atoms with van der Waals surface area (Å²) in [4.78, 5) is 18.1. The van der Waals surface area contributed by atoms with Crippen molar-refractivity contribution in [3.63, 3.8) is 0 Å².